The van der Waals surface area contributed by atoms with Gasteiger partial charge < -0.3 is 58.4 Å². The Kier molecular flexibility index (Phi) is 25.0. The molecule has 3 N–H and O–H groups in total. The Hall–Kier alpha value is -4.13. The first-order valence-electron chi connectivity index (χ1n) is 18.9. The van der Waals surface area contributed by atoms with Crippen LogP contribution in [0.15, 0.2) is 33.5 Å². The highest BCUT2D eigenvalue weighted by atomic mass is 16.6. The average molecular weight is 781 g/mol. The number of fused-ring (bicyclic) bond motifs is 1. The molecule has 1 unspecified atom stereocenters. The minimum Gasteiger partial charge on any atom is -0.469 e. The van der Waals surface area contributed by atoms with Gasteiger partial charge in [0, 0.05) is 56.8 Å². The highest BCUT2D eigenvalue weighted by Gasteiger charge is 2.21. The number of nitrogens with zero attached hydrogens (tertiary/aromatic N) is 1. The number of rotatable bonds is 32. The van der Waals surface area contributed by atoms with E-state index in [1.54, 1.807) is 13.2 Å². The summed E-state index contributed by atoms with van der Waals surface area (Å²) in [6, 6.07) is 6.28. The molecule has 0 bridgehead atoms. The Morgan fingerprint density at radius 3 is 1.98 bits per heavy atom. The molecule has 1 aromatic heterocycles. The summed E-state index contributed by atoms with van der Waals surface area (Å²) >= 11 is 0. The van der Waals surface area contributed by atoms with Crippen LogP contribution in [0.3, 0.4) is 0 Å². The van der Waals surface area contributed by atoms with Crippen LogP contribution < -0.4 is 26.5 Å². The van der Waals surface area contributed by atoms with E-state index < -0.39 is 17.6 Å². The van der Waals surface area contributed by atoms with Crippen LogP contribution in [-0.4, -0.2) is 143 Å². The van der Waals surface area contributed by atoms with E-state index >= 15 is 0 Å². The quantitative estimate of drug-likeness (QED) is 0.0551. The Balaban J connectivity index is 1.72. The number of esters is 1. The number of benzene rings is 1. The highest BCUT2D eigenvalue weighted by Crippen LogP contribution is 2.22. The third-order valence-corrected chi connectivity index (χ3v) is 8.19. The number of hydrogen-bond acceptors (Lipinski definition) is 14. The van der Waals surface area contributed by atoms with E-state index in [-0.39, 0.29) is 69.1 Å². The summed E-state index contributed by atoms with van der Waals surface area (Å²) in [5.74, 6) is -1.56. The minimum atomic E-state index is -0.808. The van der Waals surface area contributed by atoms with Crippen molar-refractivity contribution in [1.29, 1.82) is 0 Å². The van der Waals surface area contributed by atoms with Crippen LogP contribution in [0.2, 0.25) is 0 Å². The molecule has 0 spiro atoms. The zero-order chi connectivity index (χ0) is 40.1. The van der Waals surface area contributed by atoms with E-state index in [1.807, 2.05) is 26.0 Å². The van der Waals surface area contributed by atoms with E-state index in [9.17, 15) is 24.0 Å². The summed E-state index contributed by atoms with van der Waals surface area (Å²) in [5, 5.41) is 8.97. The van der Waals surface area contributed by atoms with E-state index in [2.05, 4.69) is 25.6 Å². The van der Waals surface area contributed by atoms with Gasteiger partial charge in [0.15, 0.2) is 0 Å². The van der Waals surface area contributed by atoms with Crippen LogP contribution >= 0.6 is 0 Å². The first-order chi connectivity index (χ1) is 26.7. The molecule has 0 aliphatic carbocycles. The van der Waals surface area contributed by atoms with Crippen molar-refractivity contribution in [2.24, 2.45) is 0 Å². The molecule has 0 fully saturated rings. The van der Waals surface area contributed by atoms with E-state index in [0.29, 0.717) is 83.1 Å². The molecule has 0 radical (unpaired) electrons. The van der Waals surface area contributed by atoms with E-state index in [4.69, 9.17) is 32.8 Å². The second-order valence-corrected chi connectivity index (χ2v) is 12.1. The number of hydrogen-bond donors (Lipinski definition) is 3. The molecule has 0 saturated carbocycles. The van der Waals surface area contributed by atoms with Gasteiger partial charge in [-0.25, -0.2) is 4.79 Å². The minimum absolute atomic E-state index is 0.0770. The summed E-state index contributed by atoms with van der Waals surface area (Å²) in [6.07, 6.45) is 1.60. The number of carbonyl (C=O) groups excluding carboxylic acids is 4. The number of unbranched alkanes of at least 4 members (excludes halogenated alkanes) is 1. The first kappa shape index (κ1) is 47.0. The Morgan fingerprint density at radius 2 is 1.35 bits per heavy atom. The topological polar surface area (TPSA) is 202 Å². The number of carbonyl (C=O) groups is 4. The molecule has 1 atom stereocenters. The van der Waals surface area contributed by atoms with Crippen molar-refractivity contribution < 1.29 is 56.8 Å². The number of ether oxygens (including phenoxy) is 7. The fraction of sp³-hybridized carbons (Fsp3) is 0.658. The van der Waals surface area contributed by atoms with Crippen LogP contribution in [0.4, 0.5) is 5.69 Å². The van der Waals surface area contributed by atoms with Crippen LogP contribution in [0, 0.1) is 0 Å². The molecule has 0 aliphatic heterocycles. The van der Waals surface area contributed by atoms with Crippen molar-refractivity contribution in [3.8, 4) is 0 Å². The highest BCUT2D eigenvalue weighted by molar-refractivity contribution is 5.97. The third-order valence-electron chi connectivity index (χ3n) is 8.19. The van der Waals surface area contributed by atoms with Crippen molar-refractivity contribution in [2.45, 2.75) is 52.0 Å². The zero-order valence-electron chi connectivity index (χ0n) is 32.8. The molecular weight excluding hydrogens is 720 g/mol. The first-order valence-corrected chi connectivity index (χ1v) is 18.9. The van der Waals surface area contributed by atoms with Crippen LogP contribution in [0.5, 0.6) is 0 Å². The molecule has 1 aromatic carbocycles. The summed E-state index contributed by atoms with van der Waals surface area (Å²) in [4.78, 5) is 64.3. The van der Waals surface area contributed by atoms with Crippen LogP contribution in [0.1, 0.15) is 56.3 Å². The van der Waals surface area contributed by atoms with Gasteiger partial charge in [0.05, 0.1) is 86.2 Å². The monoisotopic (exact) mass is 780 g/mol. The Bertz CT molecular complexity index is 1470. The predicted octanol–water partition coefficient (Wildman–Crippen LogP) is 1.82. The molecular formula is C38H60N4O13. The van der Waals surface area contributed by atoms with E-state index in [0.717, 1.165) is 18.8 Å². The van der Waals surface area contributed by atoms with Gasteiger partial charge >= 0.3 is 11.6 Å². The fourth-order valence-corrected chi connectivity index (χ4v) is 5.15. The normalized spacial score (nSPS) is 11.6. The van der Waals surface area contributed by atoms with Gasteiger partial charge in [0.25, 0.3) is 5.91 Å². The molecule has 0 saturated heterocycles. The maximum atomic E-state index is 13.0. The maximum Gasteiger partial charge on any atom is 0.349 e. The summed E-state index contributed by atoms with van der Waals surface area (Å²) in [7, 11) is 2.89. The van der Waals surface area contributed by atoms with Gasteiger partial charge in [-0.2, -0.15) is 0 Å². The van der Waals surface area contributed by atoms with Crippen LogP contribution in [-0.2, 0) is 47.5 Å². The molecule has 2 rings (SSSR count). The SMILES string of the molecule is CCN(CC)c1ccc2cc(C(=O)NCCCCC(NC(=O)CCOCCOC)C(=O)NCCOCCOCCOCCOCCC(=O)OC)c(=O)oc2c1. The number of methoxy groups -OCH3 is 2. The van der Waals surface area contributed by atoms with Gasteiger partial charge in [-0.3, -0.25) is 19.2 Å². The number of nitrogens with one attached hydrogen (secondary N) is 3. The predicted molar refractivity (Wildman–Crippen MR) is 204 cm³/mol. The van der Waals surface area contributed by atoms with Crippen molar-refractivity contribution in [3.63, 3.8) is 0 Å². The fourth-order valence-electron chi connectivity index (χ4n) is 5.15. The van der Waals surface area contributed by atoms with Gasteiger partial charge in [-0.15, -0.1) is 0 Å². The summed E-state index contributed by atoms with van der Waals surface area (Å²) in [5.41, 5.74) is 0.531. The zero-order valence-corrected chi connectivity index (χ0v) is 32.8. The van der Waals surface area contributed by atoms with Crippen LogP contribution in [0.25, 0.3) is 11.0 Å². The summed E-state index contributed by atoms with van der Waals surface area (Å²) < 4.78 is 42.0. The number of anilines is 1. The van der Waals surface area contributed by atoms with Gasteiger partial charge in [-0.1, -0.05) is 0 Å². The second kappa shape index (κ2) is 29.2. The molecule has 2 aromatic rings. The molecule has 55 heavy (non-hydrogen) atoms. The molecule has 1 heterocycles. The Labute approximate surface area is 323 Å². The molecule has 3 amide bonds. The average Bonchev–Trinajstić information content (AvgIpc) is 3.18. The third kappa shape index (κ3) is 19.9. The van der Waals surface area contributed by atoms with Crippen molar-refractivity contribution in [1.82, 2.24) is 16.0 Å². The lowest BCUT2D eigenvalue weighted by Gasteiger charge is -2.21. The molecule has 0 aliphatic rings. The molecule has 310 valence electrons. The Morgan fingerprint density at radius 1 is 0.727 bits per heavy atom. The lowest BCUT2D eigenvalue weighted by atomic mass is 10.1. The molecule has 17 heteroatoms. The second-order valence-electron chi connectivity index (χ2n) is 12.1. The lowest BCUT2D eigenvalue weighted by molar-refractivity contribution is -0.142. The smallest absolute Gasteiger partial charge is 0.349 e. The van der Waals surface area contributed by atoms with Crippen molar-refractivity contribution in [2.75, 3.05) is 118 Å². The summed E-state index contributed by atoms with van der Waals surface area (Å²) in [6.45, 7) is 9.82. The number of amides is 3. The lowest BCUT2D eigenvalue weighted by Crippen LogP contribution is -2.47. The van der Waals surface area contributed by atoms with Crippen molar-refractivity contribution in [3.05, 3.63) is 40.2 Å². The standard InChI is InChI=1S/C38H60N4O13/c1-5-42(6-2)30-11-10-29-27-31(38(47)55-33(29)28-30)36(45)39-14-8-7-9-32(41-34(43)12-16-50-20-19-48-3)37(46)40-15-18-52-22-24-54-26-25-53-23-21-51-17-13-35(44)49-4/h10-11,27-28,32H,5-9,12-26H2,1-4H3,(H,39,45)(H,40,46)(H,41,43). The van der Waals surface area contributed by atoms with Gasteiger partial charge in [0.1, 0.15) is 17.2 Å². The van der Waals surface area contributed by atoms with Gasteiger partial charge in [0.2, 0.25) is 11.8 Å². The molecule has 17 nitrogen and oxygen atoms in total. The maximum absolute atomic E-state index is 13.0. The van der Waals surface area contributed by atoms with Crippen molar-refractivity contribution >= 4 is 40.3 Å². The largest absolute Gasteiger partial charge is 0.469 e. The van der Waals surface area contributed by atoms with E-state index in [1.165, 1.54) is 13.2 Å². The van der Waals surface area contributed by atoms with Gasteiger partial charge in [-0.05, 0) is 51.3 Å².